The maximum Gasteiger partial charge on any atom is 0.255 e. The Morgan fingerprint density at radius 1 is 1.41 bits per heavy atom. The maximum atomic E-state index is 12.8. The molecular formula is C15H24N2O3S2. The first-order chi connectivity index (χ1) is 10.3. The summed E-state index contributed by atoms with van der Waals surface area (Å²) in [7, 11) is -3.17. The van der Waals surface area contributed by atoms with E-state index in [0.717, 1.165) is 47.4 Å². The van der Waals surface area contributed by atoms with Crippen molar-refractivity contribution < 1.29 is 13.2 Å². The van der Waals surface area contributed by atoms with Gasteiger partial charge < -0.3 is 4.90 Å². The molecular weight excluding hydrogens is 320 g/mol. The van der Waals surface area contributed by atoms with Crippen LogP contribution in [0.15, 0.2) is 6.07 Å². The average molecular weight is 345 g/mol. The number of likely N-dealkylation sites (tertiary alicyclic amines) is 1. The van der Waals surface area contributed by atoms with Crippen molar-refractivity contribution in [2.45, 2.75) is 45.6 Å². The van der Waals surface area contributed by atoms with Gasteiger partial charge in [0.1, 0.15) is 0 Å². The minimum Gasteiger partial charge on any atom is -0.336 e. The Balaban J connectivity index is 2.06. The van der Waals surface area contributed by atoms with Crippen molar-refractivity contribution in [3.05, 3.63) is 21.4 Å². The maximum absolute atomic E-state index is 12.8. The van der Waals surface area contributed by atoms with Gasteiger partial charge in [-0.3, -0.25) is 4.79 Å². The summed E-state index contributed by atoms with van der Waals surface area (Å²) in [5.74, 6) is 0.0888. The second-order valence-electron chi connectivity index (χ2n) is 5.93. The molecule has 22 heavy (non-hydrogen) atoms. The van der Waals surface area contributed by atoms with Gasteiger partial charge in [-0.1, -0.05) is 0 Å². The Hall–Kier alpha value is -0.920. The Bertz CT molecular complexity index is 637. The van der Waals surface area contributed by atoms with E-state index in [1.807, 2.05) is 24.8 Å². The number of aryl methyl sites for hydroxylation is 2. The van der Waals surface area contributed by atoms with Crippen LogP contribution in [0.2, 0.25) is 0 Å². The lowest BCUT2D eigenvalue weighted by atomic mass is 9.98. The van der Waals surface area contributed by atoms with Gasteiger partial charge in [-0.05, 0) is 45.6 Å². The van der Waals surface area contributed by atoms with Crippen molar-refractivity contribution in [1.82, 2.24) is 9.62 Å². The van der Waals surface area contributed by atoms with Crippen LogP contribution < -0.4 is 4.72 Å². The largest absolute Gasteiger partial charge is 0.336 e. The molecule has 1 aromatic rings. The molecule has 5 nitrogen and oxygen atoms in total. The monoisotopic (exact) mass is 344 g/mol. The molecule has 1 amide bonds. The normalized spacial score (nSPS) is 19.4. The van der Waals surface area contributed by atoms with Gasteiger partial charge in [0.2, 0.25) is 10.0 Å². The molecule has 2 heterocycles. The quantitative estimate of drug-likeness (QED) is 0.891. The third-order valence-corrected chi connectivity index (χ3v) is 5.70. The number of nitrogens with zero attached hydrogens (tertiary/aromatic N) is 1. The van der Waals surface area contributed by atoms with Gasteiger partial charge in [0.25, 0.3) is 5.91 Å². The van der Waals surface area contributed by atoms with Crippen molar-refractivity contribution in [2.75, 3.05) is 19.3 Å². The topological polar surface area (TPSA) is 66.5 Å². The molecule has 1 unspecified atom stereocenters. The van der Waals surface area contributed by atoms with Gasteiger partial charge in [0.05, 0.1) is 11.8 Å². The van der Waals surface area contributed by atoms with Crippen LogP contribution in [0.25, 0.3) is 0 Å². The van der Waals surface area contributed by atoms with E-state index in [-0.39, 0.29) is 11.9 Å². The molecule has 1 saturated heterocycles. The van der Waals surface area contributed by atoms with Gasteiger partial charge in [-0.2, -0.15) is 0 Å². The summed E-state index contributed by atoms with van der Waals surface area (Å²) in [6.45, 7) is 5.14. The molecule has 0 bridgehead atoms. The molecule has 124 valence electrons. The zero-order valence-corrected chi connectivity index (χ0v) is 15.0. The van der Waals surface area contributed by atoms with Gasteiger partial charge in [-0.25, -0.2) is 13.1 Å². The van der Waals surface area contributed by atoms with Crippen LogP contribution in [0, 0.1) is 13.8 Å². The Labute approximate surface area is 136 Å². The highest BCUT2D eigenvalue weighted by atomic mass is 32.2. The highest BCUT2D eigenvalue weighted by molar-refractivity contribution is 7.88. The minimum absolute atomic E-state index is 0.0888. The minimum atomic E-state index is -3.17. The van der Waals surface area contributed by atoms with E-state index in [4.69, 9.17) is 0 Å². The van der Waals surface area contributed by atoms with Crippen LogP contribution >= 0.6 is 11.3 Å². The number of hydrogen-bond acceptors (Lipinski definition) is 4. The number of carbonyl (C=O) groups excluding carboxylic acids is 1. The second-order valence-corrected chi connectivity index (χ2v) is 9.22. The molecule has 0 spiro atoms. The third-order valence-electron chi connectivity index (χ3n) is 4.00. The molecule has 1 aliphatic rings. The molecule has 2 rings (SSSR count). The number of rotatable bonds is 5. The van der Waals surface area contributed by atoms with Crippen LogP contribution in [-0.2, 0) is 10.0 Å². The molecule has 1 aromatic heterocycles. The summed E-state index contributed by atoms with van der Waals surface area (Å²) in [5.41, 5.74) is 0.797. The number of amides is 1. The van der Waals surface area contributed by atoms with E-state index in [9.17, 15) is 13.2 Å². The number of piperidine rings is 1. The lowest BCUT2D eigenvalue weighted by Gasteiger charge is -2.36. The summed E-state index contributed by atoms with van der Waals surface area (Å²) in [4.78, 5) is 16.9. The van der Waals surface area contributed by atoms with Crippen LogP contribution in [-0.4, -0.2) is 44.6 Å². The van der Waals surface area contributed by atoms with E-state index in [1.54, 1.807) is 11.3 Å². The molecule has 1 N–H and O–H groups in total. The van der Waals surface area contributed by atoms with Crippen LogP contribution in [0.3, 0.4) is 0 Å². The standard InChI is InChI=1S/C15H24N2O3S2/c1-11-10-14(12(2)21-11)15(18)17-9-5-4-6-13(17)7-8-16-22(3,19)20/h10,13,16H,4-9H2,1-3H3. The van der Waals surface area contributed by atoms with E-state index in [0.29, 0.717) is 13.0 Å². The summed E-state index contributed by atoms with van der Waals surface area (Å²) in [6, 6.07) is 2.08. The van der Waals surface area contributed by atoms with E-state index >= 15 is 0 Å². The van der Waals surface area contributed by atoms with Gasteiger partial charge >= 0.3 is 0 Å². The number of nitrogens with one attached hydrogen (secondary N) is 1. The molecule has 0 aliphatic carbocycles. The summed E-state index contributed by atoms with van der Waals surface area (Å²) in [5, 5.41) is 0. The number of thiophene rings is 1. The van der Waals surface area contributed by atoms with Gasteiger partial charge in [0, 0.05) is 28.9 Å². The Morgan fingerprint density at radius 3 is 2.73 bits per heavy atom. The van der Waals surface area contributed by atoms with E-state index < -0.39 is 10.0 Å². The summed E-state index contributed by atoms with van der Waals surface area (Å²) < 4.78 is 24.9. The van der Waals surface area contributed by atoms with Crippen LogP contribution in [0.5, 0.6) is 0 Å². The molecule has 7 heteroatoms. The number of sulfonamides is 1. The van der Waals surface area contributed by atoms with Crippen molar-refractivity contribution in [1.29, 1.82) is 0 Å². The predicted octanol–water partition coefficient (Wildman–Crippen LogP) is 2.30. The first kappa shape index (κ1) is 17.4. The van der Waals surface area contributed by atoms with Crippen LogP contribution in [0.4, 0.5) is 0 Å². The van der Waals surface area contributed by atoms with Crippen molar-refractivity contribution in [3.8, 4) is 0 Å². The van der Waals surface area contributed by atoms with Crippen molar-refractivity contribution in [2.24, 2.45) is 0 Å². The fraction of sp³-hybridized carbons (Fsp3) is 0.667. The first-order valence-electron chi connectivity index (χ1n) is 7.60. The first-order valence-corrected chi connectivity index (χ1v) is 10.3. The Morgan fingerprint density at radius 2 is 2.14 bits per heavy atom. The van der Waals surface area contributed by atoms with Gasteiger partial charge in [0.15, 0.2) is 0 Å². The SMILES string of the molecule is Cc1cc(C(=O)N2CCCCC2CCNS(C)(=O)=O)c(C)s1. The van der Waals surface area contributed by atoms with E-state index in [1.165, 1.54) is 0 Å². The number of hydrogen-bond donors (Lipinski definition) is 1. The van der Waals surface area contributed by atoms with Gasteiger partial charge in [-0.15, -0.1) is 11.3 Å². The third kappa shape index (κ3) is 4.54. The highest BCUT2D eigenvalue weighted by Gasteiger charge is 2.28. The fourth-order valence-electron chi connectivity index (χ4n) is 2.98. The van der Waals surface area contributed by atoms with Crippen molar-refractivity contribution >= 4 is 27.3 Å². The lowest BCUT2D eigenvalue weighted by Crippen LogP contribution is -2.45. The highest BCUT2D eigenvalue weighted by Crippen LogP contribution is 2.26. The smallest absolute Gasteiger partial charge is 0.255 e. The van der Waals surface area contributed by atoms with Crippen molar-refractivity contribution in [3.63, 3.8) is 0 Å². The molecule has 0 saturated carbocycles. The number of carbonyl (C=O) groups is 1. The average Bonchev–Trinajstić information content (AvgIpc) is 2.76. The second kappa shape index (κ2) is 7.10. The van der Waals surface area contributed by atoms with Crippen LogP contribution in [0.1, 0.15) is 45.8 Å². The molecule has 0 radical (unpaired) electrons. The predicted molar refractivity (Wildman–Crippen MR) is 89.9 cm³/mol. The Kier molecular flexibility index (Phi) is 5.63. The molecule has 1 aliphatic heterocycles. The van der Waals surface area contributed by atoms with E-state index in [2.05, 4.69) is 4.72 Å². The lowest BCUT2D eigenvalue weighted by molar-refractivity contribution is 0.0604. The molecule has 1 atom stereocenters. The summed E-state index contributed by atoms with van der Waals surface area (Å²) >= 11 is 1.64. The summed E-state index contributed by atoms with van der Waals surface area (Å²) in [6.07, 6.45) is 4.88. The fourth-order valence-corrected chi connectivity index (χ4v) is 4.38. The zero-order chi connectivity index (χ0) is 16.3. The molecule has 1 fully saturated rings. The molecule has 0 aromatic carbocycles. The zero-order valence-electron chi connectivity index (χ0n) is 13.4.